The standard InChI is InChI=1S/C19H19NO2/c1-3-22-19(21)17-13-11-16(12-14-17)10-9-15(2)20-18-7-5-4-6-8-18/h4-8,11-15,20H,3H2,1-2H3/t15-/m1/s1. The van der Waals surface area contributed by atoms with Crippen LogP contribution in [0, 0.1) is 11.8 Å². The van der Waals surface area contributed by atoms with Gasteiger partial charge in [-0.2, -0.15) is 0 Å². The normalized spacial score (nSPS) is 11.0. The average molecular weight is 293 g/mol. The molecule has 3 nitrogen and oxygen atoms in total. The van der Waals surface area contributed by atoms with E-state index in [1.165, 1.54) is 0 Å². The Bertz CT molecular complexity index is 666. The highest BCUT2D eigenvalue weighted by molar-refractivity contribution is 5.89. The molecule has 0 bridgehead atoms. The number of hydrogen-bond donors (Lipinski definition) is 1. The molecule has 0 amide bonds. The van der Waals surface area contributed by atoms with E-state index in [4.69, 9.17) is 4.74 Å². The van der Waals surface area contributed by atoms with Crippen LogP contribution in [0.15, 0.2) is 54.6 Å². The fourth-order valence-corrected chi connectivity index (χ4v) is 1.92. The molecule has 2 rings (SSSR count). The highest BCUT2D eigenvalue weighted by Crippen LogP contribution is 2.07. The van der Waals surface area contributed by atoms with Crippen molar-refractivity contribution in [1.29, 1.82) is 0 Å². The molecule has 0 spiro atoms. The summed E-state index contributed by atoms with van der Waals surface area (Å²) in [5.41, 5.74) is 2.46. The third kappa shape index (κ3) is 4.68. The van der Waals surface area contributed by atoms with E-state index in [-0.39, 0.29) is 12.0 Å². The number of nitrogens with one attached hydrogen (secondary N) is 1. The number of para-hydroxylation sites is 1. The van der Waals surface area contributed by atoms with Crippen molar-refractivity contribution >= 4 is 11.7 Å². The SMILES string of the molecule is CCOC(=O)c1ccc(C#C[C@@H](C)Nc2ccccc2)cc1. The van der Waals surface area contributed by atoms with Gasteiger partial charge in [0.2, 0.25) is 0 Å². The summed E-state index contributed by atoms with van der Waals surface area (Å²) in [6.07, 6.45) is 0. The molecule has 0 aliphatic heterocycles. The minimum absolute atomic E-state index is 0.0344. The Morgan fingerprint density at radius 3 is 2.45 bits per heavy atom. The van der Waals surface area contributed by atoms with Crippen LogP contribution < -0.4 is 5.32 Å². The molecule has 0 unspecified atom stereocenters. The molecule has 22 heavy (non-hydrogen) atoms. The molecule has 0 saturated carbocycles. The van der Waals surface area contributed by atoms with E-state index < -0.39 is 0 Å². The maximum absolute atomic E-state index is 11.6. The molecule has 1 atom stereocenters. The van der Waals surface area contributed by atoms with Gasteiger partial charge in [-0.1, -0.05) is 30.0 Å². The van der Waals surface area contributed by atoms with Crippen molar-refractivity contribution in [1.82, 2.24) is 0 Å². The summed E-state index contributed by atoms with van der Waals surface area (Å²) in [4.78, 5) is 11.6. The predicted octanol–water partition coefficient (Wildman–Crippen LogP) is 3.72. The van der Waals surface area contributed by atoms with Crippen LogP contribution in [0.5, 0.6) is 0 Å². The molecule has 2 aromatic rings. The van der Waals surface area contributed by atoms with Crippen molar-refractivity contribution in [3.05, 3.63) is 65.7 Å². The summed E-state index contributed by atoms with van der Waals surface area (Å²) in [7, 11) is 0. The number of ether oxygens (including phenoxy) is 1. The largest absolute Gasteiger partial charge is 0.462 e. The molecule has 0 aliphatic rings. The highest BCUT2D eigenvalue weighted by atomic mass is 16.5. The smallest absolute Gasteiger partial charge is 0.338 e. The molecule has 0 aliphatic carbocycles. The molecule has 1 N–H and O–H groups in total. The first-order valence-corrected chi connectivity index (χ1v) is 7.29. The summed E-state index contributed by atoms with van der Waals surface area (Å²) in [5.74, 6) is 5.94. The zero-order valence-electron chi connectivity index (χ0n) is 12.8. The Labute approximate surface area is 131 Å². The van der Waals surface area contributed by atoms with Crippen LogP contribution in [0.4, 0.5) is 5.69 Å². The number of esters is 1. The monoisotopic (exact) mass is 293 g/mol. The molecule has 0 radical (unpaired) electrons. The Kier molecular flexibility index (Phi) is 5.62. The van der Waals surface area contributed by atoms with Gasteiger partial charge in [-0.05, 0) is 50.2 Å². The topological polar surface area (TPSA) is 38.3 Å². The van der Waals surface area contributed by atoms with Crippen molar-refractivity contribution < 1.29 is 9.53 Å². The lowest BCUT2D eigenvalue weighted by atomic mass is 10.1. The van der Waals surface area contributed by atoms with Gasteiger partial charge in [0.25, 0.3) is 0 Å². The van der Waals surface area contributed by atoms with E-state index in [1.807, 2.05) is 49.4 Å². The lowest BCUT2D eigenvalue weighted by Crippen LogP contribution is -2.12. The van der Waals surface area contributed by atoms with E-state index in [1.54, 1.807) is 19.1 Å². The molecular formula is C19H19NO2. The number of carbonyl (C=O) groups is 1. The van der Waals surface area contributed by atoms with Gasteiger partial charge < -0.3 is 10.1 Å². The minimum atomic E-state index is -0.305. The molecule has 112 valence electrons. The zero-order valence-corrected chi connectivity index (χ0v) is 12.8. The molecule has 0 fully saturated rings. The van der Waals surface area contributed by atoms with Gasteiger partial charge in [0.1, 0.15) is 0 Å². The first kappa shape index (κ1) is 15.7. The number of anilines is 1. The fourth-order valence-electron chi connectivity index (χ4n) is 1.92. The van der Waals surface area contributed by atoms with Crippen LogP contribution in [0.2, 0.25) is 0 Å². The number of hydrogen-bond acceptors (Lipinski definition) is 3. The molecule has 2 aromatic carbocycles. The van der Waals surface area contributed by atoms with Crippen molar-refractivity contribution in [2.45, 2.75) is 19.9 Å². The lowest BCUT2D eigenvalue weighted by molar-refractivity contribution is 0.0526. The number of rotatable bonds is 4. The van der Waals surface area contributed by atoms with Crippen LogP contribution in [-0.4, -0.2) is 18.6 Å². The molecule has 0 saturated heterocycles. The average Bonchev–Trinajstić information content (AvgIpc) is 2.54. The van der Waals surface area contributed by atoms with Gasteiger partial charge in [0.05, 0.1) is 18.2 Å². The molecule has 0 aromatic heterocycles. The predicted molar refractivity (Wildman–Crippen MR) is 88.8 cm³/mol. The van der Waals surface area contributed by atoms with Gasteiger partial charge in [0.15, 0.2) is 0 Å². The van der Waals surface area contributed by atoms with Crippen LogP contribution in [-0.2, 0) is 4.74 Å². The van der Waals surface area contributed by atoms with E-state index in [0.717, 1.165) is 11.3 Å². The first-order valence-electron chi connectivity index (χ1n) is 7.29. The van der Waals surface area contributed by atoms with Gasteiger partial charge in [0, 0.05) is 11.3 Å². The molecule has 3 heteroatoms. The Morgan fingerprint density at radius 1 is 1.14 bits per heavy atom. The Balaban J connectivity index is 1.97. The van der Waals surface area contributed by atoms with E-state index in [9.17, 15) is 4.79 Å². The summed E-state index contributed by atoms with van der Waals surface area (Å²) in [6, 6.07) is 17.1. The van der Waals surface area contributed by atoms with Crippen LogP contribution >= 0.6 is 0 Å². The second-order valence-corrected chi connectivity index (χ2v) is 4.80. The first-order chi connectivity index (χ1) is 10.7. The quantitative estimate of drug-likeness (QED) is 0.690. The van der Waals surface area contributed by atoms with Crippen LogP contribution in [0.1, 0.15) is 29.8 Å². The van der Waals surface area contributed by atoms with Crippen molar-refractivity contribution in [3.63, 3.8) is 0 Å². The fraction of sp³-hybridized carbons (Fsp3) is 0.211. The van der Waals surface area contributed by atoms with Crippen LogP contribution in [0.3, 0.4) is 0 Å². The summed E-state index contributed by atoms with van der Waals surface area (Å²) < 4.78 is 4.95. The van der Waals surface area contributed by atoms with Gasteiger partial charge in [-0.3, -0.25) is 0 Å². The second kappa shape index (κ2) is 7.90. The third-order valence-electron chi connectivity index (χ3n) is 2.99. The lowest BCUT2D eigenvalue weighted by Gasteiger charge is -2.08. The highest BCUT2D eigenvalue weighted by Gasteiger charge is 2.04. The van der Waals surface area contributed by atoms with E-state index in [0.29, 0.717) is 12.2 Å². The van der Waals surface area contributed by atoms with Gasteiger partial charge in [-0.15, -0.1) is 0 Å². The summed E-state index contributed by atoms with van der Waals surface area (Å²) >= 11 is 0. The molecule has 0 heterocycles. The van der Waals surface area contributed by atoms with Crippen molar-refractivity contribution in [2.75, 3.05) is 11.9 Å². The van der Waals surface area contributed by atoms with E-state index >= 15 is 0 Å². The Hall–Kier alpha value is -2.73. The summed E-state index contributed by atoms with van der Waals surface area (Å²) in [5, 5.41) is 3.31. The van der Waals surface area contributed by atoms with Crippen LogP contribution in [0.25, 0.3) is 0 Å². The Morgan fingerprint density at radius 2 is 1.82 bits per heavy atom. The maximum atomic E-state index is 11.6. The minimum Gasteiger partial charge on any atom is -0.462 e. The van der Waals surface area contributed by atoms with Gasteiger partial charge in [-0.25, -0.2) is 4.79 Å². The second-order valence-electron chi connectivity index (χ2n) is 4.80. The van der Waals surface area contributed by atoms with Crippen molar-refractivity contribution in [2.24, 2.45) is 0 Å². The number of carbonyl (C=O) groups excluding carboxylic acids is 1. The molecular weight excluding hydrogens is 274 g/mol. The zero-order chi connectivity index (χ0) is 15.8. The van der Waals surface area contributed by atoms with Gasteiger partial charge >= 0.3 is 5.97 Å². The van der Waals surface area contributed by atoms with Crippen molar-refractivity contribution in [3.8, 4) is 11.8 Å². The van der Waals surface area contributed by atoms with E-state index in [2.05, 4.69) is 17.2 Å². The summed E-state index contributed by atoms with van der Waals surface area (Å²) in [6.45, 7) is 4.18. The third-order valence-corrected chi connectivity index (χ3v) is 2.99. The maximum Gasteiger partial charge on any atom is 0.338 e. The number of benzene rings is 2.